The van der Waals surface area contributed by atoms with Gasteiger partial charge in [-0.15, -0.1) is 0 Å². The number of alkyl carbamates (subject to hydrolysis) is 1. The Morgan fingerprint density at radius 3 is 2.68 bits per heavy atom. The second-order valence-corrected chi connectivity index (χ2v) is 3.79. The van der Waals surface area contributed by atoms with Crippen molar-refractivity contribution in [2.24, 2.45) is 0 Å². The van der Waals surface area contributed by atoms with E-state index in [1.54, 1.807) is 6.92 Å². The molecule has 0 saturated carbocycles. The topological polar surface area (TPSA) is 50.4 Å². The van der Waals surface area contributed by atoms with Crippen LogP contribution in [0.15, 0.2) is 24.3 Å². The first-order chi connectivity index (χ1) is 8.82. The minimum Gasteiger partial charge on any atom is -0.450 e. The fourth-order valence-corrected chi connectivity index (χ4v) is 1.40. The largest absolute Gasteiger partial charge is 0.450 e. The van der Waals surface area contributed by atoms with Crippen LogP contribution in [0.4, 0.5) is 23.7 Å². The van der Waals surface area contributed by atoms with Gasteiger partial charge in [-0.25, -0.2) is 4.79 Å². The molecule has 0 radical (unpaired) electrons. The number of carbonyl (C=O) groups excluding carboxylic acids is 1. The molecule has 1 aromatic carbocycles. The van der Waals surface area contributed by atoms with E-state index in [0.717, 1.165) is 12.1 Å². The normalized spacial score (nSPS) is 10.7. The molecule has 0 heterocycles. The third-order valence-electron chi connectivity index (χ3n) is 1.94. The Morgan fingerprint density at radius 2 is 2.11 bits per heavy atom. The highest BCUT2D eigenvalue weighted by atomic mass is 32.1. The lowest BCUT2D eigenvalue weighted by Gasteiger charge is -2.11. The van der Waals surface area contributed by atoms with E-state index in [9.17, 15) is 18.0 Å². The monoisotopic (exact) mass is 292 g/mol. The zero-order valence-electron chi connectivity index (χ0n) is 9.88. The highest BCUT2D eigenvalue weighted by Gasteiger charge is 2.30. The average Bonchev–Trinajstić information content (AvgIpc) is 2.28. The maximum atomic E-state index is 12.5. The first-order valence-corrected chi connectivity index (χ1v) is 5.65. The Kier molecular flexibility index (Phi) is 5.11. The van der Waals surface area contributed by atoms with Gasteiger partial charge in [-0.2, -0.15) is 13.2 Å². The van der Waals surface area contributed by atoms with Gasteiger partial charge in [0.2, 0.25) is 0 Å². The minimum atomic E-state index is -4.44. The molecule has 1 amide bonds. The van der Waals surface area contributed by atoms with E-state index < -0.39 is 17.8 Å². The molecule has 0 aliphatic heterocycles. The first-order valence-electron chi connectivity index (χ1n) is 5.25. The number of hydrogen-bond acceptors (Lipinski definition) is 3. The van der Waals surface area contributed by atoms with Gasteiger partial charge in [0.1, 0.15) is 0 Å². The number of halogens is 3. The summed E-state index contributed by atoms with van der Waals surface area (Å²) in [5.41, 5.74) is -0.687. The Hall–Kier alpha value is -1.83. The molecule has 0 saturated heterocycles. The summed E-state index contributed by atoms with van der Waals surface area (Å²) >= 11 is 4.76. The number of ether oxygens (including phenoxy) is 1. The molecule has 4 nitrogen and oxygen atoms in total. The van der Waals surface area contributed by atoms with Gasteiger partial charge in [-0.1, -0.05) is 6.07 Å². The van der Waals surface area contributed by atoms with Crippen molar-refractivity contribution in [3.05, 3.63) is 29.8 Å². The fourth-order valence-electron chi connectivity index (χ4n) is 1.20. The lowest BCUT2D eigenvalue weighted by Crippen LogP contribution is -2.34. The number of rotatable bonds is 2. The van der Waals surface area contributed by atoms with Crippen LogP contribution >= 0.6 is 12.2 Å². The first kappa shape index (κ1) is 15.2. The Labute approximate surface area is 112 Å². The molecule has 19 heavy (non-hydrogen) atoms. The SMILES string of the molecule is CCOC(=O)NC(=S)Nc1cccc(C(F)(F)F)c1. The van der Waals surface area contributed by atoms with Crippen LogP contribution in [-0.2, 0) is 10.9 Å². The van der Waals surface area contributed by atoms with Crippen LogP contribution in [0.2, 0.25) is 0 Å². The number of anilines is 1. The highest BCUT2D eigenvalue weighted by molar-refractivity contribution is 7.80. The van der Waals surface area contributed by atoms with Crippen LogP contribution in [0.5, 0.6) is 0 Å². The van der Waals surface area contributed by atoms with E-state index >= 15 is 0 Å². The van der Waals surface area contributed by atoms with Crippen LogP contribution in [0.3, 0.4) is 0 Å². The van der Waals surface area contributed by atoms with Crippen molar-refractivity contribution in [2.75, 3.05) is 11.9 Å². The van der Waals surface area contributed by atoms with E-state index in [4.69, 9.17) is 12.2 Å². The molecule has 0 aromatic heterocycles. The molecular formula is C11H11F3N2O2S. The van der Waals surface area contributed by atoms with E-state index in [-0.39, 0.29) is 17.4 Å². The highest BCUT2D eigenvalue weighted by Crippen LogP contribution is 2.30. The van der Waals surface area contributed by atoms with Crippen molar-refractivity contribution in [1.82, 2.24) is 5.32 Å². The number of hydrogen-bond donors (Lipinski definition) is 2. The standard InChI is InChI=1S/C11H11F3N2O2S/c1-2-18-10(17)16-9(19)15-8-5-3-4-7(6-8)11(12,13)14/h3-6H,2H2,1H3,(H2,15,16,17,19). The maximum Gasteiger partial charge on any atom is 0.416 e. The van der Waals surface area contributed by atoms with Crippen LogP contribution in [-0.4, -0.2) is 17.8 Å². The van der Waals surface area contributed by atoms with Gasteiger partial charge >= 0.3 is 12.3 Å². The summed E-state index contributed by atoms with van der Waals surface area (Å²) in [6.07, 6.45) is -5.21. The predicted octanol–water partition coefficient (Wildman–Crippen LogP) is 3.15. The molecule has 1 rings (SSSR count). The van der Waals surface area contributed by atoms with Crippen LogP contribution in [0.1, 0.15) is 12.5 Å². The number of amides is 1. The van der Waals surface area contributed by atoms with E-state index in [0.29, 0.717) is 0 Å². The summed E-state index contributed by atoms with van der Waals surface area (Å²) in [7, 11) is 0. The Morgan fingerprint density at radius 1 is 1.42 bits per heavy atom. The zero-order valence-corrected chi connectivity index (χ0v) is 10.7. The maximum absolute atomic E-state index is 12.5. The minimum absolute atomic E-state index is 0.122. The molecule has 0 spiro atoms. The number of nitrogens with one attached hydrogen (secondary N) is 2. The van der Waals surface area contributed by atoms with E-state index in [2.05, 4.69) is 15.4 Å². The molecule has 0 unspecified atom stereocenters. The number of thiocarbonyl (C=S) groups is 1. The van der Waals surface area contributed by atoms with E-state index in [1.165, 1.54) is 12.1 Å². The van der Waals surface area contributed by atoms with Crippen molar-refractivity contribution in [1.29, 1.82) is 0 Å². The van der Waals surface area contributed by atoms with Gasteiger partial charge in [0.05, 0.1) is 12.2 Å². The summed E-state index contributed by atoms with van der Waals surface area (Å²) in [6, 6.07) is 4.46. The molecule has 0 aliphatic rings. The summed E-state index contributed by atoms with van der Waals surface area (Å²) in [6.45, 7) is 1.78. The lowest BCUT2D eigenvalue weighted by atomic mass is 10.2. The molecule has 0 atom stereocenters. The fraction of sp³-hybridized carbons (Fsp3) is 0.273. The molecule has 1 aromatic rings. The summed E-state index contributed by atoms with van der Waals surface area (Å²) in [5, 5.41) is 4.49. The smallest absolute Gasteiger partial charge is 0.416 e. The van der Waals surface area contributed by atoms with Crippen molar-refractivity contribution < 1.29 is 22.7 Å². The zero-order chi connectivity index (χ0) is 14.5. The second kappa shape index (κ2) is 6.37. The Bertz CT molecular complexity index is 477. The molecule has 104 valence electrons. The van der Waals surface area contributed by atoms with Crippen molar-refractivity contribution >= 4 is 29.1 Å². The average molecular weight is 292 g/mol. The summed E-state index contributed by atoms with van der Waals surface area (Å²) in [4.78, 5) is 11.0. The molecule has 0 aliphatic carbocycles. The quantitative estimate of drug-likeness (QED) is 0.822. The molecule has 0 fully saturated rings. The second-order valence-electron chi connectivity index (χ2n) is 3.38. The van der Waals surface area contributed by atoms with Gasteiger partial charge in [0, 0.05) is 5.69 Å². The number of alkyl halides is 3. The lowest BCUT2D eigenvalue weighted by molar-refractivity contribution is -0.137. The molecule has 8 heteroatoms. The molecule has 0 bridgehead atoms. The van der Waals surface area contributed by atoms with Crippen LogP contribution in [0.25, 0.3) is 0 Å². The predicted molar refractivity (Wildman–Crippen MR) is 67.8 cm³/mol. The van der Waals surface area contributed by atoms with Crippen molar-refractivity contribution in [3.8, 4) is 0 Å². The molecular weight excluding hydrogens is 281 g/mol. The third kappa shape index (κ3) is 5.12. The van der Waals surface area contributed by atoms with Crippen LogP contribution in [0, 0.1) is 0 Å². The number of benzene rings is 1. The Balaban J connectivity index is 2.67. The van der Waals surface area contributed by atoms with Gasteiger partial charge in [-0.05, 0) is 37.3 Å². The van der Waals surface area contributed by atoms with Crippen LogP contribution < -0.4 is 10.6 Å². The molecule has 2 N–H and O–H groups in total. The van der Waals surface area contributed by atoms with Crippen molar-refractivity contribution in [2.45, 2.75) is 13.1 Å². The summed E-state index contributed by atoms with van der Waals surface area (Å²) in [5.74, 6) is 0. The van der Waals surface area contributed by atoms with Gasteiger partial charge < -0.3 is 10.1 Å². The van der Waals surface area contributed by atoms with Gasteiger partial charge in [0.15, 0.2) is 5.11 Å². The number of carbonyl (C=O) groups is 1. The van der Waals surface area contributed by atoms with E-state index in [1.807, 2.05) is 0 Å². The van der Waals surface area contributed by atoms with Crippen molar-refractivity contribution in [3.63, 3.8) is 0 Å². The van der Waals surface area contributed by atoms with Gasteiger partial charge in [0.25, 0.3) is 0 Å². The summed E-state index contributed by atoms with van der Waals surface area (Å²) < 4.78 is 42.0. The third-order valence-corrected chi connectivity index (χ3v) is 2.14. The van der Waals surface area contributed by atoms with Gasteiger partial charge in [-0.3, -0.25) is 5.32 Å².